The van der Waals surface area contributed by atoms with Crippen molar-refractivity contribution in [2.75, 3.05) is 6.54 Å². The summed E-state index contributed by atoms with van der Waals surface area (Å²) in [5.41, 5.74) is 3.16. The predicted octanol–water partition coefficient (Wildman–Crippen LogP) is 4.49. The third-order valence-electron chi connectivity index (χ3n) is 4.58. The largest absolute Gasteiger partial charge is 0.490 e. The summed E-state index contributed by atoms with van der Waals surface area (Å²) in [7, 11) is 0. The molecule has 2 heteroatoms. The molecule has 2 nitrogen and oxygen atoms in total. The summed E-state index contributed by atoms with van der Waals surface area (Å²) in [5, 5.41) is 3.66. The summed E-state index contributed by atoms with van der Waals surface area (Å²) in [6.45, 7) is 14.6. The Bertz CT molecular complexity index is 489. The quantitative estimate of drug-likeness (QED) is 0.862. The Labute approximate surface area is 130 Å². The summed E-state index contributed by atoms with van der Waals surface area (Å²) in [4.78, 5) is 0. The Morgan fingerprint density at radius 1 is 1.24 bits per heavy atom. The van der Waals surface area contributed by atoms with E-state index in [1.54, 1.807) is 0 Å². The highest BCUT2D eigenvalue weighted by atomic mass is 16.5. The second-order valence-electron chi connectivity index (χ2n) is 8.03. The van der Waals surface area contributed by atoms with E-state index in [1.807, 2.05) is 0 Å². The van der Waals surface area contributed by atoms with Crippen molar-refractivity contribution in [3.8, 4) is 5.75 Å². The minimum absolute atomic E-state index is 0.174. The van der Waals surface area contributed by atoms with Gasteiger partial charge in [0.05, 0.1) is 0 Å². The van der Waals surface area contributed by atoms with Gasteiger partial charge in [0.2, 0.25) is 0 Å². The van der Waals surface area contributed by atoms with Crippen molar-refractivity contribution in [3.05, 3.63) is 29.3 Å². The van der Waals surface area contributed by atoms with Crippen LogP contribution in [0.5, 0.6) is 5.75 Å². The van der Waals surface area contributed by atoms with Gasteiger partial charge in [0.25, 0.3) is 0 Å². The molecule has 0 bridgehead atoms. The third-order valence-corrected chi connectivity index (χ3v) is 4.58. The van der Waals surface area contributed by atoms with Crippen molar-refractivity contribution in [2.24, 2.45) is 5.41 Å². The van der Waals surface area contributed by atoms with E-state index in [-0.39, 0.29) is 11.0 Å². The number of rotatable bonds is 5. The van der Waals surface area contributed by atoms with Crippen molar-refractivity contribution >= 4 is 0 Å². The van der Waals surface area contributed by atoms with Gasteiger partial charge < -0.3 is 10.1 Å². The lowest BCUT2D eigenvalue weighted by molar-refractivity contribution is 0.133. The topological polar surface area (TPSA) is 21.3 Å². The molecule has 0 radical (unpaired) electrons. The molecule has 0 aromatic heterocycles. The first kappa shape index (κ1) is 16.4. The maximum atomic E-state index is 6.16. The molecule has 1 aromatic rings. The molecule has 0 saturated heterocycles. The average molecular weight is 289 g/mol. The van der Waals surface area contributed by atoms with Crippen molar-refractivity contribution in [1.29, 1.82) is 0 Å². The molecule has 0 amide bonds. The van der Waals surface area contributed by atoms with E-state index in [2.05, 4.69) is 65.1 Å². The monoisotopic (exact) mass is 289 g/mol. The van der Waals surface area contributed by atoms with E-state index in [9.17, 15) is 0 Å². The van der Waals surface area contributed by atoms with E-state index in [0.717, 1.165) is 25.1 Å². The van der Waals surface area contributed by atoms with Crippen LogP contribution in [0.15, 0.2) is 18.2 Å². The smallest absolute Gasteiger partial charge is 0.123 e. The van der Waals surface area contributed by atoms with Gasteiger partial charge in [0.1, 0.15) is 11.9 Å². The molecule has 0 spiro atoms. The first-order chi connectivity index (χ1) is 9.71. The highest BCUT2D eigenvalue weighted by Gasteiger charge is 2.32. The molecular weight excluding hydrogens is 258 g/mol. The van der Waals surface area contributed by atoms with Gasteiger partial charge in [-0.2, -0.15) is 0 Å². The van der Waals surface area contributed by atoms with Gasteiger partial charge in [-0.15, -0.1) is 0 Å². The van der Waals surface area contributed by atoms with Gasteiger partial charge in [-0.3, -0.25) is 0 Å². The number of aryl methyl sites for hydroxylation is 1. The van der Waals surface area contributed by atoms with Crippen LogP contribution in [0.2, 0.25) is 0 Å². The molecule has 2 rings (SSSR count). The normalized spacial score (nSPS) is 20.8. The van der Waals surface area contributed by atoms with E-state index in [4.69, 9.17) is 4.74 Å². The maximum Gasteiger partial charge on any atom is 0.123 e. The zero-order valence-corrected chi connectivity index (χ0v) is 14.5. The summed E-state index contributed by atoms with van der Waals surface area (Å²) in [6.07, 6.45) is 3.67. The highest BCUT2D eigenvalue weighted by molar-refractivity contribution is 5.40. The third kappa shape index (κ3) is 4.47. The summed E-state index contributed by atoms with van der Waals surface area (Å²) in [5.74, 6) is 1.09. The van der Waals surface area contributed by atoms with Crippen LogP contribution in [0.25, 0.3) is 0 Å². The zero-order chi connectivity index (χ0) is 15.7. The Kier molecular flexibility index (Phi) is 4.67. The second kappa shape index (κ2) is 6.00. The molecule has 2 unspecified atom stereocenters. The van der Waals surface area contributed by atoms with Crippen LogP contribution in [0, 0.1) is 12.3 Å². The van der Waals surface area contributed by atoms with Crippen molar-refractivity contribution in [3.63, 3.8) is 0 Å². The Hall–Kier alpha value is -1.02. The molecule has 1 aliphatic rings. The zero-order valence-electron chi connectivity index (χ0n) is 14.5. The number of hydrogen-bond acceptors (Lipinski definition) is 2. The Morgan fingerprint density at radius 2 is 1.95 bits per heavy atom. The van der Waals surface area contributed by atoms with Crippen LogP contribution in [0.4, 0.5) is 0 Å². The first-order valence-corrected chi connectivity index (χ1v) is 8.22. The van der Waals surface area contributed by atoms with Crippen LogP contribution >= 0.6 is 0 Å². The predicted molar refractivity (Wildman–Crippen MR) is 90.1 cm³/mol. The molecule has 118 valence electrons. The molecule has 0 aliphatic carbocycles. The molecule has 1 N–H and O–H groups in total. The SMILES string of the molecule is CCC(C)(CNC(C)(C)C)CC1Cc2cc(C)ccc2O1. The lowest BCUT2D eigenvalue weighted by atomic mass is 9.80. The van der Waals surface area contributed by atoms with Gasteiger partial charge in [-0.05, 0) is 57.6 Å². The minimum Gasteiger partial charge on any atom is -0.490 e. The molecule has 1 aliphatic heterocycles. The highest BCUT2D eigenvalue weighted by Crippen LogP contribution is 2.36. The van der Waals surface area contributed by atoms with Crippen molar-refractivity contribution in [2.45, 2.75) is 72.4 Å². The Morgan fingerprint density at radius 3 is 2.57 bits per heavy atom. The van der Waals surface area contributed by atoms with E-state index < -0.39 is 0 Å². The number of hydrogen-bond donors (Lipinski definition) is 1. The van der Waals surface area contributed by atoms with Crippen LogP contribution in [0.1, 0.15) is 58.6 Å². The average Bonchev–Trinajstić information content (AvgIpc) is 2.77. The van der Waals surface area contributed by atoms with E-state index in [0.29, 0.717) is 6.10 Å². The Balaban J connectivity index is 1.97. The lowest BCUT2D eigenvalue weighted by Gasteiger charge is -2.34. The second-order valence-corrected chi connectivity index (χ2v) is 8.03. The van der Waals surface area contributed by atoms with Crippen LogP contribution < -0.4 is 10.1 Å². The molecule has 1 heterocycles. The maximum absolute atomic E-state index is 6.16. The number of fused-ring (bicyclic) bond motifs is 1. The van der Waals surface area contributed by atoms with Gasteiger partial charge in [-0.1, -0.05) is 31.5 Å². The van der Waals surface area contributed by atoms with Gasteiger partial charge >= 0.3 is 0 Å². The molecule has 0 fully saturated rings. The fourth-order valence-corrected chi connectivity index (χ4v) is 2.93. The van der Waals surface area contributed by atoms with Crippen LogP contribution in [-0.4, -0.2) is 18.2 Å². The minimum atomic E-state index is 0.174. The fraction of sp³-hybridized carbons (Fsp3) is 0.684. The van der Waals surface area contributed by atoms with E-state index >= 15 is 0 Å². The van der Waals surface area contributed by atoms with Gasteiger partial charge in [0, 0.05) is 18.5 Å². The number of benzene rings is 1. The summed E-state index contributed by atoms with van der Waals surface area (Å²) in [6, 6.07) is 6.54. The van der Waals surface area contributed by atoms with E-state index in [1.165, 1.54) is 17.5 Å². The lowest BCUT2D eigenvalue weighted by Crippen LogP contribution is -2.44. The standard InChI is InChI=1S/C19H31NO/c1-7-19(6,13-20-18(3,4)5)12-16-11-15-10-14(2)8-9-17(15)21-16/h8-10,16,20H,7,11-13H2,1-6H3. The van der Waals surface area contributed by atoms with Crippen LogP contribution in [-0.2, 0) is 6.42 Å². The number of ether oxygens (including phenoxy) is 1. The first-order valence-electron chi connectivity index (χ1n) is 8.22. The molecule has 1 aromatic carbocycles. The number of nitrogens with one attached hydrogen (secondary N) is 1. The summed E-state index contributed by atoms with van der Waals surface area (Å²) < 4.78 is 6.16. The van der Waals surface area contributed by atoms with Gasteiger partial charge in [0.15, 0.2) is 0 Å². The van der Waals surface area contributed by atoms with Crippen molar-refractivity contribution in [1.82, 2.24) is 5.32 Å². The molecular formula is C19H31NO. The molecule has 2 atom stereocenters. The molecule has 0 saturated carbocycles. The van der Waals surface area contributed by atoms with Crippen LogP contribution in [0.3, 0.4) is 0 Å². The fourth-order valence-electron chi connectivity index (χ4n) is 2.93. The summed E-state index contributed by atoms with van der Waals surface area (Å²) >= 11 is 0. The van der Waals surface area contributed by atoms with Gasteiger partial charge in [-0.25, -0.2) is 0 Å². The van der Waals surface area contributed by atoms with Crippen molar-refractivity contribution < 1.29 is 4.74 Å². The molecule has 21 heavy (non-hydrogen) atoms.